The van der Waals surface area contributed by atoms with Gasteiger partial charge in [-0.2, -0.15) is 0 Å². The minimum absolute atomic E-state index is 0.0246. The molecule has 2 N–H and O–H groups in total. The van der Waals surface area contributed by atoms with Crippen molar-refractivity contribution in [3.63, 3.8) is 0 Å². The lowest BCUT2D eigenvalue weighted by molar-refractivity contribution is -0.129. The van der Waals surface area contributed by atoms with Crippen LogP contribution in [0.2, 0.25) is 0 Å². The van der Waals surface area contributed by atoms with E-state index >= 15 is 0 Å². The minimum Gasteiger partial charge on any atom is -0.372 e. The Kier molecular flexibility index (Phi) is 6.36. The number of carbonyl (C=O) groups is 1. The number of rotatable bonds is 6. The number of anilines is 1. The topological polar surface area (TPSA) is 83.7 Å². The average molecular weight is 402 g/mol. The van der Waals surface area contributed by atoms with Crippen LogP contribution >= 0.6 is 0 Å². The van der Waals surface area contributed by atoms with Crippen molar-refractivity contribution in [3.8, 4) is 0 Å². The summed E-state index contributed by atoms with van der Waals surface area (Å²) >= 11 is 0. The Balaban J connectivity index is 1.56. The van der Waals surface area contributed by atoms with Gasteiger partial charge in [0.2, 0.25) is 15.9 Å². The Morgan fingerprint density at radius 2 is 1.54 bits per heavy atom. The van der Waals surface area contributed by atoms with Crippen molar-refractivity contribution in [2.45, 2.75) is 37.1 Å². The predicted octanol–water partition coefficient (Wildman–Crippen LogP) is 2.53. The predicted molar refractivity (Wildman–Crippen MR) is 110 cm³/mol. The first-order valence-corrected chi connectivity index (χ1v) is 11.1. The van der Waals surface area contributed by atoms with Gasteiger partial charge in [-0.3, -0.25) is 4.79 Å². The third-order valence-corrected chi connectivity index (χ3v) is 6.04. The van der Waals surface area contributed by atoms with Crippen molar-refractivity contribution < 1.29 is 13.2 Å². The van der Waals surface area contributed by atoms with Gasteiger partial charge in [-0.25, -0.2) is 13.6 Å². The Morgan fingerprint density at radius 1 is 0.964 bits per heavy atom. The Morgan fingerprint density at radius 3 is 2.11 bits per heavy atom. The van der Waals surface area contributed by atoms with Crippen LogP contribution in [0.25, 0.3) is 0 Å². The molecule has 3 rings (SSSR count). The summed E-state index contributed by atoms with van der Waals surface area (Å²) in [4.78, 5) is 16.6. The first-order valence-electron chi connectivity index (χ1n) is 9.52. The number of carbonyl (C=O) groups excluding carboxylic acids is 1. The van der Waals surface area contributed by atoms with Crippen molar-refractivity contribution in [3.05, 3.63) is 59.7 Å². The fourth-order valence-electron chi connectivity index (χ4n) is 3.43. The zero-order chi connectivity index (χ0) is 20.1. The Hall–Kier alpha value is -2.38. The largest absolute Gasteiger partial charge is 0.372 e. The summed E-state index contributed by atoms with van der Waals surface area (Å²) in [6, 6.07) is 14.5. The molecule has 0 unspecified atom stereocenters. The van der Waals surface area contributed by atoms with Crippen molar-refractivity contribution in [2.75, 3.05) is 25.0 Å². The maximum absolute atomic E-state index is 12.5. The fourth-order valence-corrected chi connectivity index (χ4v) is 3.95. The molecule has 1 saturated heterocycles. The van der Waals surface area contributed by atoms with E-state index in [1.807, 2.05) is 0 Å². The van der Waals surface area contributed by atoms with Gasteiger partial charge in [-0.15, -0.1) is 0 Å². The zero-order valence-corrected chi connectivity index (χ0v) is 17.0. The standard InChI is InChI=1S/C21H27N3O3S/c1-23(21(25)15-17-7-11-20(12-8-17)28(22,26)27)16-18-5-9-19(10-6-18)24-13-3-2-4-14-24/h5-12H,2-4,13-16H2,1H3,(H2,22,26,27). The van der Waals surface area contributed by atoms with Gasteiger partial charge in [0, 0.05) is 32.4 Å². The third-order valence-electron chi connectivity index (χ3n) is 5.11. The highest BCUT2D eigenvalue weighted by Crippen LogP contribution is 2.20. The van der Waals surface area contributed by atoms with E-state index in [0.29, 0.717) is 6.54 Å². The van der Waals surface area contributed by atoms with Gasteiger partial charge >= 0.3 is 0 Å². The molecule has 7 heteroatoms. The molecule has 0 radical (unpaired) electrons. The molecule has 2 aromatic carbocycles. The molecule has 2 aromatic rings. The molecule has 0 aliphatic carbocycles. The lowest BCUT2D eigenvalue weighted by Gasteiger charge is -2.29. The number of primary sulfonamides is 1. The molecule has 150 valence electrons. The second kappa shape index (κ2) is 8.75. The van der Waals surface area contributed by atoms with E-state index in [1.165, 1.54) is 37.1 Å². The maximum Gasteiger partial charge on any atom is 0.238 e. The van der Waals surface area contributed by atoms with E-state index in [2.05, 4.69) is 29.2 Å². The second-order valence-electron chi connectivity index (χ2n) is 7.33. The SMILES string of the molecule is CN(Cc1ccc(N2CCCCC2)cc1)C(=O)Cc1ccc(S(N)(=O)=O)cc1. The molecule has 1 aliphatic heterocycles. The van der Waals surface area contributed by atoms with E-state index in [0.717, 1.165) is 24.2 Å². The van der Waals surface area contributed by atoms with Crippen LogP contribution in [0.4, 0.5) is 5.69 Å². The first-order chi connectivity index (χ1) is 13.3. The van der Waals surface area contributed by atoms with Gasteiger partial charge in [0.25, 0.3) is 0 Å². The van der Waals surface area contributed by atoms with Gasteiger partial charge in [-0.05, 0) is 54.7 Å². The van der Waals surface area contributed by atoms with Crippen molar-refractivity contribution in [1.29, 1.82) is 0 Å². The highest BCUT2D eigenvalue weighted by atomic mass is 32.2. The van der Waals surface area contributed by atoms with E-state index < -0.39 is 10.0 Å². The molecule has 1 aliphatic rings. The number of nitrogens with zero attached hydrogens (tertiary/aromatic N) is 2. The summed E-state index contributed by atoms with van der Waals surface area (Å²) in [7, 11) is -1.94. The molecule has 28 heavy (non-hydrogen) atoms. The number of piperidine rings is 1. The molecule has 1 fully saturated rings. The van der Waals surface area contributed by atoms with Gasteiger partial charge in [0.1, 0.15) is 0 Å². The van der Waals surface area contributed by atoms with Crippen LogP contribution in [0.3, 0.4) is 0 Å². The van der Waals surface area contributed by atoms with Crippen molar-refractivity contribution in [1.82, 2.24) is 4.90 Å². The number of hydrogen-bond donors (Lipinski definition) is 1. The number of amides is 1. The Bertz CT molecular complexity index is 903. The number of benzene rings is 2. The summed E-state index contributed by atoms with van der Waals surface area (Å²) in [5.74, 6) is -0.0246. The zero-order valence-electron chi connectivity index (χ0n) is 16.2. The summed E-state index contributed by atoms with van der Waals surface area (Å²) in [5.41, 5.74) is 3.08. The van der Waals surface area contributed by atoms with E-state index in [9.17, 15) is 13.2 Å². The maximum atomic E-state index is 12.5. The molecular formula is C21H27N3O3S. The van der Waals surface area contributed by atoms with E-state index in [4.69, 9.17) is 5.14 Å². The molecule has 0 aromatic heterocycles. The minimum atomic E-state index is -3.72. The van der Waals surface area contributed by atoms with Gasteiger partial charge in [-0.1, -0.05) is 24.3 Å². The molecule has 1 heterocycles. The van der Waals surface area contributed by atoms with E-state index in [-0.39, 0.29) is 17.2 Å². The van der Waals surface area contributed by atoms with Crippen LogP contribution in [-0.2, 0) is 27.8 Å². The molecular weight excluding hydrogens is 374 g/mol. The fraction of sp³-hybridized carbons (Fsp3) is 0.381. The summed E-state index contributed by atoms with van der Waals surface area (Å²) in [6.07, 6.45) is 4.02. The van der Waals surface area contributed by atoms with Gasteiger partial charge in [0.05, 0.1) is 11.3 Å². The quantitative estimate of drug-likeness (QED) is 0.806. The summed E-state index contributed by atoms with van der Waals surface area (Å²) in [5, 5.41) is 5.09. The number of likely N-dealkylation sites (N-methyl/N-ethyl adjacent to an activating group) is 1. The van der Waals surface area contributed by atoms with Crippen LogP contribution in [0.1, 0.15) is 30.4 Å². The van der Waals surface area contributed by atoms with Gasteiger partial charge < -0.3 is 9.80 Å². The monoisotopic (exact) mass is 401 g/mol. The summed E-state index contributed by atoms with van der Waals surface area (Å²) in [6.45, 7) is 2.76. The molecule has 6 nitrogen and oxygen atoms in total. The highest BCUT2D eigenvalue weighted by molar-refractivity contribution is 7.89. The van der Waals surface area contributed by atoms with E-state index in [1.54, 1.807) is 24.1 Å². The number of hydrogen-bond acceptors (Lipinski definition) is 4. The number of sulfonamides is 1. The second-order valence-corrected chi connectivity index (χ2v) is 8.89. The van der Waals surface area contributed by atoms with Crippen molar-refractivity contribution in [2.24, 2.45) is 5.14 Å². The van der Waals surface area contributed by atoms with Gasteiger partial charge in [0.15, 0.2) is 0 Å². The molecule has 1 amide bonds. The smallest absolute Gasteiger partial charge is 0.238 e. The normalized spacial score (nSPS) is 14.7. The first kappa shape index (κ1) is 20.4. The van der Waals surface area contributed by atoms with Crippen LogP contribution in [0, 0.1) is 0 Å². The third kappa shape index (κ3) is 5.33. The molecule has 0 atom stereocenters. The van der Waals surface area contributed by atoms with Crippen molar-refractivity contribution >= 4 is 21.6 Å². The van der Waals surface area contributed by atoms with Crippen LogP contribution in [0.5, 0.6) is 0 Å². The number of nitrogens with two attached hydrogens (primary N) is 1. The lowest BCUT2D eigenvalue weighted by atomic mass is 10.1. The summed E-state index contributed by atoms with van der Waals surface area (Å²) < 4.78 is 22.6. The molecule has 0 spiro atoms. The van der Waals surface area contributed by atoms with Crippen LogP contribution in [0.15, 0.2) is 53.4 Å². The molecule has 0 bridgehead atoms. The van der Waals surface area contributed by atoms with Crippen LogP contribution < -0.4 is 10.0 Å². The lowest BCUT2D eigenvalue weighted by Crippen LogP contribution is -2.29. The Labute approximate surface area is 167 Å². The molecule has 0 saturated carbocycles. The average Bonchev–Trinajstić information content (AvgIpc) is 2.69. The highest BCUT2D eigenvalue weighted by Gasteiger charge is 2.14. The van der Waals surface area contributed by atoms with Crippen LogP contribution in [-0.4, -0.2) is 39.4 Å².